The van der Waals surface area contributed by atoms with Gasteiger partial charge in [-0.3, -0.25) is 0 Å². The molecule has 0 atom stereocenters. The summed E-state index contributed by atoms with van der Waals surface area (Å²) in [4.78, 5) is 20.5. The van der Waals surface area contributed by atoms with E-state index in [1.807, 2.05) is 39.8 Å². The van der Waals surface area contributed by atoms with Crippen LogP contribution >= 0.6 is 11.6 Å². The number of aliphatic hydroxyl groups is 1. The second kappa shape index (κ2) is 19.3. The Labute approximate surface area is 354 Å². The van der Waals surface area contributed by atoms with E-state index >= 15 is 0 Å². The first-order valence-corrected chi connectivity index (χ1v) is 20.0. The second-order valence-corrected chi connectivity index (χ2v) is 15.5. The molecule has 6 heterocycles. The molecule has 6 aromatic rings. The smallest absolute Gasteiger partial charge is 0.256 e. The first kappa shape index (κ1) is 44.8. The van der Waals surface area contributed by atoms with Gasteiger partial charge in [-0.05, 0) is 65.5 Å². The lowest BCUT2D eigenvalue weighted by Gasteiger charge is -2.29. The number of aryl methyl sites for hydroxylation is 6. The molecule has 8 rings (SSSR count). The minimum atomic E-state index is -2.58. The van der Waals surface area contributed by atoms with Gasteiger partial charge in [0.15, 0.2) is 0 Å². The monoisotopic (exact) mass is 872 g/mol. The van der Waals surface area contributed by atoms with Crippen molar-refractivity contribution in [2.45, 2.75) is 116 Å². The van der Waals surface area contributed by atoms with E-state index in [-0.39, 0.29) is 56.1 Å². The van der Waals surface area contributed by atoms with Gasteiger partial charge in [0, 0.05) is 75.4 Å². The fraction of sp³-hybridized carbons (Fsp3) is 0.526. The SMILES string of the molecule is Cc1cc(C)n(-c2nc(Cl)cc(NC3CCC(F)(F)CC3)n2)n1.Cc1cc(C)n(-c2nc(NC3CCC(F)(F)CC3)cc(OCc3cnn(C)n3)n2)n1.Cn1ncc(CO)n1. The Morgan fingerprint density at radius 3 is 1.54 bits per heavy atom. The number of hydrogen-bond donors (Lipinski definition) is 3. The van der Waals surface area contributed by atoms with Crippen molar-refractivity contribution in [2.24, 2.45) is 14.1 Å². The van der Waals surface area contributed by atoms with Crippen LogP contribution in [0.1, 0.15) is 85.5 Å². The molecule has 0 saturated heterocycles. The highest BCUT2D eigenvalue weighted by atomic mass is 35.5. The summed E-state index contributed by atoms with van der Waals surface area (Å²) in [7, 11) is 3.43. The van der Waals surface area contributed by atoms with Crippen LogP contribution in [-0.4, -0.2) is 98.5 Å². The molecule has 3 N–H and O–H groups in total. The Hall–Kier alpha value is -5.77. The number of hydrogen-bond acceptors (Lipinski definition) is 14. The molecule has 6 aromatic heterocycles. The van der Waals surface area contributed by atoms with Gasteiger partial charge < -0.3 is 20.5 Å². The van der Waals surface area contributed by atoms with Crippen LogP contribution in [0.25, 0.3) is 11.9 Å². The van der Waals surface area contributed by atoms with Crippen molar-refractivity contribution in [3.8, 4) is 17.8 Å². The van der Waals surface area contributed by atoms with Gasteiger partial charge in [0.1, 0.15) is 34.8 Å². The van der Waals surface area contributed by atoms with Crippen LogP contribution in [0.4, 0.5) is 29.2 Å². The minimum Gasteiger partial charge on any atom is -0.471 e. The van der Waals surface area contributed by atoms with Crippen molar-refractivity contribution in [3.63, 3.8) is 0 Å². The number of halogens is 5. The van der Waals surface area contributed by atoms with Crippen LogP contribution in [0.5, 0.6) is 5.88 Å². The number of nitrogens with zero attached hydrogens (tertiary/aromatic N) is 14. The number of alkyl halides is 4. The lowest BCUT2D eigenvalue weighted by Crippen LogP contribution is -2.32. The van der Waals surface area contributed by atoms with Crippen LogP contribution < -0.4 is 15.4 Å². The average molecular weight is 873 g/mol. The summed E-state index contributed by atoms with van der Waals surface area (Å²) >= 11 is 6.07. The molecule has 2 fully saturated rings. The summed E-state index contributed by atoms with van der Waals surface area (Å²) < 4.78 is 62.5. The second-order valence-electron chi connectivity index (χ2n) is 15.1. The van der Waals surface area contributed by atoms with E-state index in [1.165, 1.54) is 15.8 Å². The van der Waals surface area contributed by atoms with E-state index in [2.05, 4.69) is 61.2 Å². The topological polar surface area (TPSA) is 202 Å². The van der Waals surface area contributed by atoms with Gasteiger partial charge in [0.2, 0.25) is 17.7 Å². The number of ether oxygens (including phenoxy) is 1. The molecule has 2 saturated carbocycles. The van der Waals surface area contributed by atoms with Crippen LogP contribution in [0.3, 0.4) is 0 Å². The Balaban J connectivity index is 0.000000177. The third-order valence-corrected chi connectivity index (χ3v) is 9.93. The normalized spacial score (nSPS) is 16.3. The van der Waals surface area contributed by atoms with E-state index in [0.29, 0.717) is 66.5 Å². The van der Waals surface area contributed by atoms with Crippen LogP contribution in [0, 0.1) is 27.7 Å². The summed E-state index contributed by atoms with van der Waals surface area (Å²) in [6.45, 7) is 7.74. The lowest BCUT2D eigenvalue weighted by atomic mass is 9.92. The molecular weight excluding hydrogens is 824 g/mol. The number of aliphatic hydroxyl groups excluding tert-OH is 1. The standard InChI is InChI=1S/C19H24F2N8O.C15H18ClF2N5.C4H7N3O/c1-12-8-13(2)29(26-12)18-24-16(23-14-4-6-19(20,21)7-5-14)9-17(25-18)30-11-15-10-22-28(3)27-15;1-9-7-10(2)23(22-9)14-20-12(16)8-13(21-14)19-11-3-5-15(17,18)6-4-11;1-7-5-2-4(3-8)6-7/h8-10,14H,4-7,11H2,1-3H3,(H,23,24,25);7-8,11H,3-6H2,1-2H3,(H,19,20,21);2,8H,3H2,1H3. The number of anilines is 2. The maximum atomic E-state index is 13.5. The van der Waals surface area contributed by atoms with Gasteiger partial charge in [0.05, 0.1) is 30.4 Å². The summed E-state index contributed by atoms with van der Waals surface area (Å²) in [5.41, 5.74) is 4.73. The molecule has 23 heteroatoms. The van der Waals surface area contributed by atoms with Gasteiger partial charge in [0.25, 0.3) is 11.9 Å². The third kappa shape index (κ3) is 12.9. The maximum absolute atomic E-state index is 13.5. The van der Waals surface area contributed by atoms with Gasteiger partial charge in [-0.1, -0.05) is 11.6 Å². The Bertz CT molecular complexity index is 2360. The maximum Gasteiger partial charge on any atom is 0.256 e. The van der Waals surface area contributed by atoms with Gasteiger partial charge in [-0.25, -0.2) is 26.9 Å². The van der Waals surface area contributed by atoms with E-state index in [0.717, 1.165) is 22.8 Å². The van der Waals surface area contributed by atoms with Gasteiger partial charge in [-0.15, -0.1) is 0 Å². The largest absolute Gasteiger partial charge is 0.471 e. The first-order valence-electron chi connectivity index (χ1n) is 19.7. The van der Waals surface area contributed by atoms with Crippen LogP contribution in [0.2, 0.25) is 5.15 Å². The minimum absolute atomic E-state index is 0.0334. The number of aromatic nitrogens is 14. The van der Waals surface area contributed by atoms with E-state index in [4.69, 9.17) is 21.4 Å². The molecule has 328 valence electrons. The highest BCUT2D eigenvalue weighted by molar-refractivity contribution is 6.29. The fourth-order valence-corrected chi connectivity index (χ4v) is 6.92. The predicted molar refractivity (Wildman–Crippen MR) is 216 cm³/mol. The van der Waals surface area contributed by atoms with Gasteiger partial charge in [-0.2, -0.15) is 60.1 Å². The highest BCUT2D eigenvalue weighted by Crippen LogP contribution is 2.35. The molecule has 18 nitrogen and oxygen atoms in total. The molecule has 0 radical (unpaired) electrons. The highest BCUT2D eigenvalue weighted by Gasteiger charge is 2.36. The molecule has 0 aromatic carbocycles. The van der Waals surface area contributed by atoms with Crippen molar-refractivity contribution in [1.82, 2.24) is 69.5 Å². The fourth-order valence-electron chi connectivity index (χ4n) is 6.74. The van der Waals surface area contributed by atoms with Crippen molar-refractivity contribution >= 4 is 23.2 Å². The van der Waals surface area contributed by atoms with Gasteiger partial charge >= 0.3 is 0 Å². The Morgan fingerprint density at radius 1 is 0.672 bits per heavy atom. The van der Waals surface area contributed by atoms with Crippen molar-refractivity contribution in [1.29, 1.82) is 0 Å². The zero-order valence-corrected chi connectivity index (χ0v) is 35.5. The lowest BCUT2D eigenvalue weighted by molar-refractivity contribution is -0.0366. The van der Waals surface area contributed by atoms with Crippen molar-refractivity contribution in [3.05, 3.63) is 76.0 Å². The van der Waals surface area contributed by atoms with E-state index in [1.54, 1.807) is 41.8 Å². The molecule has 0 bridgehead atoms. The van der Waals surface area contributed by atoms with E-state index in [9.17, 15) is 17.6 Å². The molecule has 0 unspecified atom stereocenters. The third-order valence-electron chi connectivity index (χ3n) is 9.73. The summed E-state index contributed by atoms with van der Waals surface area (Å²) in [5, 5.41) is 39.7. The number of nitrogens with one attached hydrogen (secondary N) is 2. The predicted octanol–water partition coefficient (Wildman–Crippen LogP) is 6.21. The molecule has 2 aliphatic rings. The average Bonchev–Trinajstić information content (AvgIpc) is 3.99. The Morgan fingerprint density at radius 2 is 1.13 bits per heavy atom. The zero-order valence-electron chi connectivity index (χ0n) is 34.7. The Kier molecular flexibility index (Phi) is 14.2. The molecule has 0 spiro atoms. The number of rotatable bonds is 10. The van der Waals surface area contributed by atoms with Crippen LogP contribution in [0.15, 0.2) is 36.7 Å². The quantitative estimate of drug-likeness (QED) is 0.104. The zero-order chi connectivity index (χ0) is 43.9. The van der Waals surface area contributed by atoms with Crippen molar-refractivity contribution < 1.29 is 27.4 Å². The molecule has 61 heavy (non-hydrogen) atoms. The molecule has 0 aliphatic heterocycles. The summed E-state index contributed by atoms with van der Waals surface area (Å²) in [6, 6.07) is 6.99. The molecule has 0 amide bonds. The summed E-state index contributed by atoms with van der Waals surface area (Å²) in [5.74, 6) is -3.03. The molecule has 2 aliphatic carbocycles. The summed E-state index contributed by atoms with van der Waals surface area (Å²) in [6.07, 6.45) is 4.25. The van der Waals surface area contributed by atoms with E-state index < -0.39 is 11.8 Å². The van der Waals surface area contributed by atoms with Crippen LogP contribution in [-0.2, 0) is 27.3 Å². The van der Waals surface area contributed by atoms with Crippen molar-refractivity contribution in [2.75, 3.05) is 10.6 Å². The molecular formula is C38H49ClF4N16O2. The first-order chi connectivity index (χ1) is 28.9.